The van der Waals surface area contributed by atoms with E-state index in [2.05, 4.69) is 33.0 Å². The molecule has 4 heteroatoms. The molecular weight excluding hydrogens is 188 g/mol. The van der Waals surface area contributed by atoms with Crippen LogP contribution in [0.2, 0.25) is 0 Å². The number of piperazine rings is 1. The maximum Gasteiger partial charge on any atom is 0.151 e. The van der Waals surface area contributed by atoms with Crippen molar-refractivity contribution in [1.82, 2.24) is 15.1 Å². The molecule has 0 saturated carbocycles. The van der Waals surface area contributed by atoms with E-state index in [1.54, 1.807) is 0 Å². The lowest BCUT2D eigenvalue weighted by atomic mass is 10.3. The van der Waals surface area contributed by atoms with Gasteiger partial charge in [-0.2, -0.15) is 5.10 Å². The molecule has 2 rings (SSSR count). The van der Waals surface area contributed by atoms with Gasteiger partial charge in [-0.05, 0) is 25.6 Å². The maximum absolute atomic E-state index is 4.21. The van der Waals surface area contributed by atoms with Gasteiger partial charge in [-0.15, -0.1) is 5.10 Å². The van der Waals surface area contributed by atoms with Crippen molar-refractivity contribution < 1.29 is 0 Å². The van der Waals surface area contributed by atoms with E-state index >= 15 is 0 Å². The van der Waals surface area contributed by atoms with E-state index in [1.807, 2.05) is 13.0 Å². The molecule has 1 saturated heterocycles. The fourth-order valence-electron chi connectivity index (χ4n) is 1.85. The van der Waals surface area contributed by atoms with Gasteiger partial charge in [-0.25, -0.2) is 0 Å². The lowest BCUT2D eigenvalue weighted by Gasteiger charge is -2.34. The highest BCUT2D eigenvalue weighted by Crippen LogP contribution is 2.12. The largest absolute Gasteiger partial charge is 0.353 e. The lowest BCUT2D eigenvalue weighted by molar-refractivity contribution is 0.270. The number of likely N-dealkylation sites (N-methyl/N-ethyl adjacent to an activating group) is 1. The van der Waals surface area contributed by atoms with Crippen molar-refractivity contribution in [3.05, 3.63) is 17.8 Å². The first-order valence-electron chi connectivity index (χ1n) is 5.57. The fraction of sp³-hybridized carbons (Fsp3) is 0.636. The molecule has 15 heavy (non-hydrogen) atoms. The summed E-state index contributed by atoms with van der Waals surface area (Å²) in [5.41, 5.74) is 0.978. The summed E-state index contributed by atoms with van der Waals surface area (Å²) in [6, 6.07) is 4.08. The molecule has 1 aliphatic heterocycles. The van der Waals surface area contributed by atoms with Crippen molar-refractivity contribution in [2.45, 2.75) is 13.8 Å². The number of nitrogens with zero attached hydrogens (tertiary/aromatic N) is 4. The van der Waals surface area contributed by atoms with Crippen LogP contribution >= 0.6 is 0 Å². The van der Waals surface area contributed by atoms with E-state index in [0.29, 0.717) is 0 Å². The van der Waals surface area contributed by atoms with E-state index in [0.717, 1.165) is 44.2 Å². The maximum atomic E-state index is 4.21. The zero-order valence-electron chi connectivity index (χ0n) is 9.48. The van der Waals surface area contributed by atoms with Crippen molar-refractivity contribution in [3.8, 4) is 0 Å². The lowest BCUT2D eigenvalue weighted by Crippen LogP contribution is -2.46. The minimum Gasteiger partial charge on any atom is -0.353 e. The van der Waals surface area contributed by atoms with Crippen LogP contribution in [0.25, 0.3) is 0 Å². The van der Waals surface area contributed by atoms with Crippen LogP contribution in [0.3, 0.4) is 0 Å². The Morgan fingerprint density at radius 1 is 1.13 bits per heavy atom. The molecule has 82 valence electrons. The molecule has 0 spiro atoms. The Bertz CT molecular complexity index is 301. The van der Waals surface area contributed by atoms with Crippen LogP contribution in [0.15, 0.2) is 12.1 Å². The van der Waals surface area contributed by atoms with Gasteiger partial charge in [0.25, 0.3) is 0 Å². The Kier molecular flexibility index (Phi) is 3.16. The van der Waals surface area contributed by atoms with E-state index in [1.165, 1.54) is 0 Å². The molecule has 4 nitrogen and oxygen atoms in total. The van der Waals surface area contributed by atoms with Crippen molar-refractivity contribution in [2.24, 2.45) is 0 Å². The summed E-state index contributed by atoms with van der Waals surface area (Å²) in [5, 5.41) is 8.30. The molecule has 0 amide bonds. The quantitative estimate of drug-likeness (QED) is 0.720. The Labute approximate surface area is 90.9 Å². The van der Waals surface area contributed by atoms with Crippen LogP contribution in [0.4, 0.5) is 5.82 Å². The van der Waals surface area contributed by atoms with Gasteiger partial charge in [-0.1, -0.05) is 6.92 Å². The smallest absolute Gasteiger partial charge is 0.151 e. The van der Waals surface area contributed by atoms with Gasteiger partial charge >= 0.3 is 0 Å². The third kappa shape index (κ3) is 2.45. The molecule has 1 aromatic heterocycles. The van der Waals surface area contributed by atoms with Crippen LogP contribution < -0.4 is 4.90 Å². The monoisotopic (exact) mass is 206 g/mol. The Hall–Kier alpha value is -1.16. The first kappa shape index (κ1) is 10.4. The molecule has 0 unspecified atom stereocenters. The van der Waals surface area contributed by atoms with Crippen molar-refractivity contribution in [1.29, 1.82) is 0 Å². The summed E-state index contributed by atoms with van der Waals surface area (Å²) in [6.45, 7) is 9.70. The van der Waals surface area contributed by atoms with Crippen LogP contribution in [0.1, 0.15) is 12.6 Å². The van der Waals surface area contributed by atoms with Gasteiger partial charge in [0.05, 0.1) is 5.69 Å². The van der Waals surface area contributed by atoms with Crippen molar-refractivity contribution in [2.75, 3.05) is 37.6 Å². The highest BCUT2D eigenvalue weighted by molar-refractivity contribution is 5.37. The number of aryl methyl sites for hydroxylation is 1. The summed E-state index contributed by atoms with van der Waals surface area (Å²) in [7, 11) is 0. The first-order valence-corrected chi connectivity index (χ1v) is 5.57. The number of aromatic nitrogens is 2. The van der Waals surface area contributed by atoms with Crippen LogP contribution in [-0.2, 0) is 0 Å². The number of anilines is 1. The second-order valence-corrected chi connectivity index (χ2v) is 3.95. The average molecular weight is 206 g/mol. The minimum atomic E-state index is 0.978. The molecule has 1 fully saturated rings. The van der Waals surface area contributed by atoms with E-state index in [4.69, 9.17) is 0 Å². The highest BCUT2D eigenvalue weighted by Gasteiger charge is 2.16. The molecule has 0 radical (unpaired) electrons. The molecule has 0 aliphatic carbocycles. The molecule has 2 heterocycles. The third-order valence-electron chi connectivity index (χ3n) is 2.93. The standard InChI is InChI=1S/C11H18N4/c1-3-14-6-8-15(9-7-14)11-5-4-10(2)12-13-11/h4-5H,3,6-9H2,1-2H3. The third-order valence-corrected chi connectivity index (χ3v) is 2.93. The molecule has 0 N–H and O–H groups in total. The summed E-state index contributed by atoms with van der Waals surface area (Å²) in [4.78, 5) is 4.76. The van der Waals surface area contributed by atoms with Crippen LogP contribution in [0.5, 0.6) is 0 Å². The van der Waals surface area contributed by atoms with Gasteiger partial charge in [0.1, 0.15) is 0 Å². The second kappa shape index (κ2) is 4.57. The molecule has 0 atom stereocenters. The van der Waals surface area contributed by atoms with Crippen LogP contribution in [-0.4, -0.2) is 47.8 Å². The topological polar surface area (TPSA) is 32.3 Å². The predicted octanol–water partition coefficient (Wildman–Crippen LogP) is 0.927. The van der Waals surface area contributed by atoms with Gasteiger partial charge < -0.3 is 9.80 Å². The Balaban J connectivity index is 1.98. The van der Waals surface area contributed by atoms with Gasteiger partial charge in [-0.3, -0.25) is 0 Å². The zero-order chi connectivity index (χ0) is 10.7. The number of hydrogen-bond acceptors (Lipinski definition) is 4. The van der Waals surface area contributed by atoms with Gasteiger partial charge in [0.15, 0.2) is 5.82 Å². The number of rotatable bonds is 2. The summed E-state index contributed by atoms with van der Waals surface area (Å²) in [6.07, 6.45) is 0. The molecule has 1 aromatic rings. The molecule has 1 aliphatic rings. The van der Waals surface area contributed by atoms with Crippen molar-refractivity contribution >= 4 is 5.82 Å². The number of hydrogen-bond donors (Lipinski definition) is 0. The zero-order valence-corrected chi connectivity index (χ0v) is 9.48. The van der Waals surface area contributed by atoms with E-state index in [9.17, 15) is 0 Å². The van der Waals surface area contributed by atoms with Gasteiger partial charge in [0, 0.05) is 26.2 Å². The summed E-state index contributed by atoms with van der Waals surface area (Å²) < 4.78 is 0. The molecule has 0 bridgehead atoms. The summed E-state index contributed by atoms with van der Waals surface area (Å²) in [5.74, 6) is 1.01. The van der Waals surface area contributed by atoms with E-state index < -0.39 is 0 Å². The molecule has 0 aromatic carbocycles. The average Bonchev–Trinajstić information content (AvgIpc) is 2.30. The van der Waals surface area contributed by atoms with Crippen molar-refractivity contribution in [3.63, 3.8) is 0 Å². The predicted molar refractivity (Wildman–Crippen MR) is 61.1 cm³/mol. The SMILES string of the molecule is CCN1CCN(c2ccc(C)nn2)CC1. The Morgan fingerprint density at radius 3 is 2.40 bits per heavy atom. The molecular formula is C11H18N4. The second-order valence-electron chi connectivity index (χ2n) is 3.95. The highest BCUT2D eigenvalue weighted by atomic mass is 15.3. The van der Waals surface area contributed by atoms with E-state index in [-0.39, 0.29) is 0 Å². The Morgan fingerprint density at radius 2 is 1.87 bits per heavy atom. The van der Waals surface area contributed by atoms with Gasteiger partial charge in [0.2, 0.25) is 0 Å². The minimum absolute atomic E-state index is 0.978. The summed E-state index contributed by atoms with van der Waals surface area (Å²) >= 11 is 0. The first-order chi connectivity index (χ1) is 7.29. The normalized spacial score (nSPS) is 18.1. The fourth-order valence-corrected chi connectivity index (χ4v) is 1.85. The van der Waals surface area contributed by atoms with Crippen LogP contribution in [0, 0.1) is 6.92 Å².